The molecule has 1 aliphatic heterocycles. The number of ether oxygens (including phenoxy) is 1. The van der Waals surface area contributed by atoms with Crippen molar-refractivity contribution in [2.75, 3.05) is 13.7 Å². The zero-order valence-corrected chi connectivity index (χ0v) is 11.4. The third kappa shape index (κ3) is 1.85. The third-order valence-corrected chi connectivity index (χ3v) is 4.23. The summed E-state index contributed by atoms with van der Waals surface area (Å²) in [4.78, 5) is 2.63. The Morgan fingerprint density at radius 2 is 1.94 bits per heavy atom. The Balaban J connectivity index is 1.87. The molecule has 0 aromatic heterocycles. The quantitative estimate of drug-likeness (QED) is 0.808. The second-order valence-electron chi connectivity index (χ2n) is 5.65. The minimum Gasteiger partial charge on any atom is -0.497 e. The van der Waals surface area contributed by atoms with Crippen molar-refractivity contribution in [1.82, 2.24) is 4.90 Å². The lowest BCUT2D eigenvalue weighted by atomic mass is 9.99. The average molecular weight is 243 g/mol. The van der Waals surface area contributed by atoms with Gasteiger partial charge in [0.1, 0.15) is 5.75 Å². The Morgan fingerprint density at radius 3 is 2.50 bits per heavy atom. The molecule has 1 aliphatic carbocycles. The van der Waals surface area contributed by atoms with E-state index in [1.807, 2.05) is 0 Å². The van der Waals surface area contributed by atoms with E-state index in [2.05, 4.69) is 49.1 Å². The highest BCUT2D eigenvalue weighted by Crippen LogP contribution is 2.42. The van der Waals surface area contributed by atoms with Crippen LogP contribution in [-0.2, 0) is 0 Å². The van der Waals surface area contributed by atoms with Crippen molar-refractivity contribution in [3.63, 3.8) is 0 Å². The average Bonchev–Trinajstić information content (AvgIpc) is 2.98. The van der Waals surface area contributed by atoms with Gasteiger partial charge in [-0.25, -0.2) is 0 Å². The van der Waals surface area contributed by atoms with Gasteiger partial charge >= 0.3 is 0 Å². The summed E-state index contributed by atoms with van der Waals surface area (Å²) < 4.78 is 5.22. The zero-order chi connectivity index (χ0) is 12.7. The zero-order valence-electron chi connectivity index (χ0n) is 11.4. The van der Waals surface area contributed by atoms with Crippen LogP contribution in [0, 0.1) is 5.92 Å². The first-order valence-electron chi connectivity index (χ1n) is 6.81. The molecule has 0 radical (unpaired) electrons. The van der Waals surface area contributed by atoms with E-state index in [0.717, 1.165) is 11.7 Å². The summed E-state index contributed by atoms with van der Waals surface area (Å²) in [5.74, 6) is 1.69. The monoisotopic (exact) mass is 243 g/mol. The van der Waals surface area contributed by atoms with Crippen LogP contribution in [0.5, 0.6) is 5.75 Å². The first-order chi connectivity index (χ1) is 8.69. The molecule has 0 amide bonds. The topological polar surface area (TPSA) is 12.5 Å². The Bertz CT molecular complexity index is 460. The Morgan fingerprint density at radius 1 is 1.22 bits per heavy atom. The molecule has 0 saturated carbocycles. The molecule has 2 bridgehead atoms. The Kier molecular flexibility index (Phi) is 2.90. The highest BCUT2D eigenvalue weighted by molar-refractivity contribution is 5.73. The molecule has 18 heavy (non-hydrogen) atoms. The minimum atomic E-state index is 0.628. The van der Waals surface area contributed by atoms with Gasteiger partial charge in [-0.2, -0.15) is 0 Å². The lowest BCUT2D eigenvalue weighted by Crippen LogP contribution is -2.37. The fourth-order valence-electron chi connectivity index (χ4n) is 3.33. The van der Waals surface area contributed by atoms with Crippen LogP contribution in [-0.4, -0.2) is 30.6 Å². The fraction of sp³-hybridized carbons (Fsp3) is 0.500. The van der Waals surface area contributed by atoms with Gasteiger partial charge < -0.3 is 4.74 Å². The smallest absolute Gasteiger partial charge is 0.118 e. The van der Waals surface area contributed by atoms with Crippen LogP contribution >= 0.6 is 0 Å². The van der Waals surface area contributed by atoms with Gasteiger partial charge in [0.15, 0.2) is 0 Å². The third-order valence-electron chi connectivity index (χ3n) is 4.23. The molecular weight excluding hydrogens is 222 g/mol. The SMILES string of the molecule is COc1ccc(C2=C[C@@H]3C[C@H]2N(C(C)C)C3)cc1. The predicted molar refractivity (Wildman–Crippen MR) is 74.7 cm³/mol. The lowest BCUT2D eigenvalue weighted by molar-refractivity contribution is 0.231. The molecule has 2 heteroatoms. The molecule has 2 atom stereocenters. The summed E-state index contributed by atoms with van der Waals surface area (Å²) in [7, 11) is 1.71. The van der Waals surface area contributed by atoms with Crippen LogP contribution in [0.4, 0.5) is 0 Å². The molecule has 1 aromatic carbocycles. The highest BCUT2D eigenvalue weighted by Gasteiger charge is 2.40. The van der Waals surface area contributed by atoms with Gasteiger partial charge in [-0.3, -0.25) is 4.90 Å². The molecule has 96 valence electrons. The highest BCUT2D eigenvalue weighted by atomic mass is 16.5. The molecule has 3 rings (SSSR count). The number of nitrogens with zero attached hydrogens (tertiary/aromatic N) is 1. The van der Waals surface area contributed by atoms with E-state index in [4.69, 9.17) is 4.74 Å². The number of benzene rings is 1. The van der Waals surface area contributed by atoms with Crippen LogP contribution in [0.15, 0.2) is 30.3 Å². The summed E-state index contributed by atoms with van der Waals surface area (Å²) in [6.45, 7) is 5.83. The van der Waals surface area contributed by atoms with Crippen molar-refractivity contribution >= 4 is 5.57 Å². The van der Waals surface area contributed by atoms with Crippen LogP contribution in [0.1, 0.15) is 25.8 Å². The molecule has 1 saturated heterocycles. The van der Waals surface area contributed by atoms with Crippen molar-refractivity contribution in [3.8, 4) is 5.75 Å². The standard InChI is InChI=1S/C16H21NO/c1-11(2)17-10-12-8-15(16(17)9-12)13-4-6-14(18-3)7-5-13/h4-8,11-12,16H,9-10H2,1-3H3/t12-,16-/m1/s1. The second-order valence-corrected chi connectivity index (χ2v) is 5.65. The van der Waals surface area contributed by atoms with Gasteiger partial charge in [-0.15, -0.1) is 0 Å². The Labute approximate surface area is 109 Å². The van der Waals surface area contributed by atoms with Gasteiger partial charge in [0.05, 0.1) is 7.11 Å². The molecule has 1 heterocycles. The molecule has 0 spiro atoms. The number of fused-ring (bicyclic) bond motifs is 2. The molecule has 2 nitrogen and oxygen atoms in total. The second kappa shape index (κ2) is 4.43. The maximum Gasteiger partial charge on any atom is 0.118 e. The summed E-state index contributed by atoms with van der Waals surface area (Å²) in [6, 6.07) is 9.75. The molecule has 1 fully saturated rings. The first-order valence-corrected chi connectivity index (χ1v) is 6.81. The minimum absolute atomic E-state index is 0.628. The number of likely N-dealkylation sites (tertiary alicyclic amines) is 1. The van der Waals surface area contributed by atoms with E-state index in [1.165, 1.54) is 24.1 Å². The lowest BCUT2D eigenvalue weighted by Gasteiger charge is -2.31. The summed E-state index contributed by atoms with van der Waals surface area (Å²) in [5.41, 5.74) is 2.87. The summed E-state index contributed by atoms with van der Waals surface area (Å²) >= 11 is 0. The van der Waals surface area contributed by atoms with Gasteiger partial charge in [-0.05, 0) is 49.5 Å². The largest absolute Gasteiger partial charge is 0.497 e. The van der Waals surface area contributed by atoms with Gasteiger partial charge in [0.25, 0.3) is 0 Å². The number of methoxy groups -OCH3 is 1. The van der Waals surface area contributed by atoms with E-state index in [-0.39, 0.29) is 0 Å². The normalized spacial score (nSPS) is 26.8. The predicted octanol–water partition coefficient (Wildman–Crippen LogP) is 3.19. The molecule has 2 aliphatic rings. The van der Waals surface area contributed by atoms with Crippen molar-refractivity contribution in [2.24, 2.45) is 5.92 Å². The van der Waals surface area contributed by atoms with E-state index >= 15 is 0 Å². The maximum atomic E-state index is 5.22. The van der Waals surface area contributed by atoms with E-state index in [1.54, 1.807) is 7.11 Å². The van der Waals surface area contributed by atoms with Crippen LogP contribution in [0.25, 0.3) is 5.57 Å². The van der Waals surface area contributed by atoms with Gasteiger partial charge in [0, 0.05) is 18.6 Å². The number of hydrogen-bond donors (Lipinski definition) is 0. The van der Waals surface area contributed by atoms with Gasteiger partial charge in [0.2, 0.25) is 0 Å². The fourth-order valence-corrected chi connectivity index (χ4v) is 3.33. The van der Waals surface area contributed by atoms with E-state index < -0.39 is 0 Å². The van der Waals surface area contributed by atoms with E-state index in [9.17, 15) is 0 Å². The van der Waals surface area contributed by atoms with Crippen LogP contribution in [0.2, 0.25) is 0 Å². The van der Waals surface area contributed by atoms with E-state index in [0.29, 0.717) is 12.1 Å². The summed E-state index contributed by atoms with van der Waals surface area (Å²) in [6.07, 6.45) is 3.78. The number of rotatable bonds is 3. The van der Waals surface area contributed by atoms with Crippen molar-refractivity contribution < 1.29 is 4.74 Å². The summed E-state index contributed by atoms with van der Waals surface area (Å²) in [5, 5.41) is 0. The Hall–Kier alpha value is -1.28. The van der Waals surface area contributed by atoms with Crippen molar-refractivity contribution in [3.05, 3.63) is 35.9 Å². The van der Waals surface area contributed by atoms with Crippen LogP contribution in [0.3, 0.4) is 0 Å². The number of hydrogen-bond acceptors (Lipinski definition) is 2. The van der Waals surface area contributed by atoms with Crippen molar-refractivity contribution in [1.29, 1.82) is 0 Å². The molecule has 1 aromatic rings. The molecule has 0 unspecified atom stereocenters. The van der Waals surface area contributed by atoms with Crippen molar-refractivity contribution in [2.45, 2.75) is 32.4 Å². The maximum absolute atomic E-state index is 5.22. The molecule has 0 N–H and O–H groups in total. The molecular formula is C16H21NO. The first kappa shape index (κ1) is 11.8. The van der Waals surface area contributed by atoms with Crippen LogP contribution < -0.4 is 4.74 Å². The van der Waals surface area contributed by atoms with Gasteiger partial charge in [-0.1, -0.05) is 18.2 Å².